The van der Waals surface area contributed by atoms with Crippen LogP contribution in [0.5, 0.6) is 11.5 Å². The summed E-state index contributed by atoms with van der Waals surface area (Å²) < 4.78 is 15.9. The van der Waals surface area contributed by atoms with Gasteiger partial charge in [0, 0.05) is 12.2 Å². The first-order chi connectivity index (χ1) is 9.58. The van der Waals surface area contributed by atoms with E-state index in [9.17, 15) is 4.79 Å². The van der Waals surface area contributed by atoms with Gasteiger partial charge in [-0.1, -0.05) is 18.7 Å². The Hall–Kier alpha value is -2.07. The molecule has 1 aromatic rings. The molecule has 1 rings (SSSR count). The normalized spacial score (nSPS) is 9.90. The third-order valence-electron chi connectivity index (χ3n) is 2.44. The summed E-state index contributed by atoms with van der Waals surface area (Å²) in [5.74, 6) is 0.334. The highest BCUT2D eigenvalue weighted by Gasteiger charge is 2.12. The van der Waals surface area contributed by atoms with Gasteiger partial charge in [0.2, 0.25) is 0 Å². The summed E-state index contributed by atoms with van der Waals surface area (Å²) in [6, 6.07) is 5.36. The van der Waals surface area contributed by atoms with Gasteiger partial charge >= 0.3 is 5.97 Å². The number of hydrogen-bond acceptors (Lipinski definition) is 4. The largest absolute Gasteiger partial charge is 0.464 e. The highest BCUT2D eigenvalue weighted by Crippen LogP contribution is 2.29. The molecule has 0 radical (unpaired) electrons. The first-order valence-electron chi connectivity index (χ1n) is 6.40. The first-order valence-corrected chi connectivity index (χ1v) is 6.40. The van der Waals surface area contributed by atoms with Crippen molar-refractivity contribution < 1.29 is 19.0 Å². The maximum atomic E-state index is 11.6. The SMILES string of the molecule is C=CCc1ccc(OC(=O)C(=C)C)c(OCOCC)c1. The molecule has 0 heterocycles. The second-order valence-corrected chi connectivity index (χ2v) is 4.20. The molecule has 0 saturated heterocycles. The third-order valence-corrected chi connectivity index (χ3v) is 2.44. The van der Waals surface area contributed by atoms with Crippen molar-refractivity contribution in [2.75, 3.05) is 13.4 Å². The number of carbonyl (C=O) groups excluding carboxylic acids is 1. The summed E-state index contributed by atoms with van der Waals surface area (Å²) in [5.41, 5.74) is 1.34. The van der Waals surface area contributed by atoms with Gasteiger partial charge in [0.15, 0.2) is 18.3 Å². The van der Waals surface area contributed by atoms with Crippen LogP contribution in [0.3, 0.4) is 0 Å². The van der Waals surface area contributed by atoms with E-state index < -0.39 is 5.97 Å². The van der Waals surface area contributed by atoms with Gasteiger partial charge in [0.05, 0.1) is 0 Å². The molecule has 0 fully saturated rings. The van der Waals surface area contributed by atoms with Crippen LogP contribution in [0.15, 0.2) is 43.0 Å². The molecular weight excluding hydrogens is 256 g/mol. The van der Waals surface area contributed by atoms with Crippen LogP contribution in [0.1, 0.15) is 19.4 Å². The van der Waals surface area contributed by atoms with Crippen LogP contribution in [0.25, 0.3) is 0 Å². The van der Waals surface area contributed by atoms with Gasteiger partial charge < -0.3 is 14.2 Å². The van der Waals surface area contributed by atoms with Crippen molar-refractivity contribution in [2.24, 2.45) is 0 Å². The number of benzene rings is 1. The lowest BCUT2D eigenvalue weighted by atomic mass is 10.1. The average Bonchev–Trinajstić information content (AvgIpc) is 2.41. The molecule has 0 aliphatic carbocycles. The number of rotatable bonds is 8. The zero-order valence-electron chi connectivity index (χ0n) is 12.0. The van der Waals surface area contributed by atoms with Crippen molar-refractivity contribution in [2.45, 2.75) is 20.3 Å². The Kier molecular flexibility index (Phi) is 6.53. The van der Waals surface area contributed by atoms with E-state index in [0.29, 0.717) is 30.1 Å². The van der Waals surface area contributed by atoms with Gasteiger partial charge in [-0.3, -0.25) is 0 Å². The van der Waals surface area contributed by atoms with Crippen molar-refractivity contribution in [1.82, 2.24) is 0 Å². The summed E-state index contributed by atoms with van der Waals surface area (Å²) in [6.45, 7) is 11.4. The molecule has 0 unspecified atom stereocenters. The first kappa shape index (κ1) is 16.0. The van der Waals surface area contributed by atoms with Gasteiger partial charge in [0.25, 0.3) is 0 Å². The van der Waals surface area contributed by atoms with Crippen LogP contribution < -0.4 is 9.47 Å². The van der Waals surface area contributed by atoms with Crippen LogP contribution >= 0.6 is 0 Å². The quantitative estimate of drug-likeness (QED) is 0.182. The molecule has 0 bridgehead atoms. The van der Waals surface area contributed by atoms with Gasteiger partial charge in [-0.05, 0) is 38.0 Å². The highest BCUT2D eigenvalue weighted by molar-refractivity contribution is 5.89. The average molecular weight is 276 g/mol. The van der Waals surface area contributed by atoms with Crippen LogP contribution in [-0.4, -0.2) is 19.4 Å². The zero-order valence-corrected chi connectivity index (χ0v) is 12.0. The molecule has 1 aromatic carbocycles. The Morgan fingerprint density at radius 1 is 1.35 bits per heavy atom. The van der Waals surface area contributed by atoms with Gasteiger partial charge in [-0.2, -0.15) is 0 Å². The highest BCUT2D eigenvalue weighted by atomic mass is 16.7. The molecule has 4 nitrogen and oxygen atoms in total. The topological polar surface area (TPSA) is 44.8 Å². The summed E-state index contributed by atoms with van der Waals surface area (Å²) in [6.07, 6.45) is 2.50. The summed E-state index contributed by atoms with van der Waals surface area (Å²) in [4.78, 5) is 11.6. The predicted molar refractivity (Wildman–Crippen MR) is 77.9 cm³/mol. The van der Waals surface area contributed by atoms with Crippen LogP contribution in [-0.2, 0) is 16.0 Å². The van der Waals surface area contributed by atoms with E-state index in [1.165, 1.54) is 0 Å². The minimum atomic E-state index is -0.484. The Balaban J connectivity index is 2.92. The lowest BCUT2D eigenvalue weighted by molar-refractivity contribution is -0.130. The second-order valence-electron chi connectivity index (χ2n) is 4.20. The Morgan fingerprint density at radius 2 is 2.10 bits per heavy atom. The minimum Gasteiger partial charge on any atom is -0.464 e. The summed E-state index contributed by atoms with van der Waals surface area (Å²) >= 11 is 0. The molecule has 0 aliphatic heterocycles. The molecule has 0 saturated carbocycles. The van der Waals surface area contributed by atoms with E-state index >= 15 is 0 Å². The molecule has 0 aliphatic rings. The summed E-state index contributed by atoms with van der Waals surface area (Å²) in [7, 11) is 0. The van der Waals surface area contributed by atoms with E-state index in [-0.39, 0.29) is 6.79 Å². The third kappa shape index (κ3) is 4.90. The molecule has 4 heteroatoms. The Labute approximate surface area is 119 Å². The molecule has 20 heavy (non-hydrogen) atoms. The number of ether oxygens (including phenoxy) is 3. The number of hydrogen-bond donors (Lipinski definition) is 0. The molecule has 0 amide bonds. The zero-order chi connectivity index (χ0) is 15.0. The van der Waals surface area contributed by atoms with Crippen molar-refractivity contribution in [3.05, 3.63) is 48.6 Å². The monoisotopic (exact) mass is 276 g/mol. The van der Waals surface area contributed by atoms with Crippen molar-refractivity contribution in [1.29, 1.82) is 0 Å². The van der Waals surface area contributed by atoms with E-state index in [2.05, 4.69) is 13.2 Å². The molecular formula is C16H20O4. The number of esters is 1. The number of carbonyl (C=O) groups is 1. The molecule has 0 atom stereocenters. The minimum absolute atomic E-state index is 0.103. The Bertz CT molecular complexity index is 491. The van der Waals surface area contributed by atoms with Gasteiger partial charge in [-0.25, -0.2) is 4.79 Å². The van der Waals surface area contributed by atoms with Crippen LogP contribution in [0, 0.1) is 0 Å². The van der Waals surface area contributed by atoms with Crippen LogP contribution in [0.4, 0.5) is 0 Å². The smallest absolute Gasteiger partial charge is 0.338 e. The fourth-order valence-electron chi connectivity index (χ4n) is 1.42. The second kappa shape index (κ2) is 8.17. The van der Waals surface area contributed by atoms with Crippen molar-refractivity contribution >= 4 is 5.97 Å². The predicted octanol–water partition coefficient (Wildman–Crippen LogP) is 3.27. The fourth-order valence-corrected chi connectivity index (χ4v) is 1.42. The van der Waals surface area contributed by atoms with E-state index in [4.69, 9.17) is 14.2 Å². The molecule has 108 valence electrons. The van der Waals surface area contributed by atoms with E-state index in [0.717, 1.165) is 5.56 Å². The van der Waals surface area contributed by atoms with Crippen LogP contribution in [0.2, 0.25) is 0 Å². The fraction of sp³-hybridized carbons (Fsp3) is 0.312. The van der Waals surface area contributed by atoms with Gasteiger partial charge in [0.1, 0.15) is 0 Å². The lowest BCUT2D eigenvalue weighted by Gasteiger charge is -2.12. The molecule has 0 N–H and O–H groups in total. The van der Waals surface area contributed by atoms with Gasteiger partial charge in [-0.15, -0.1) is 6.58 Å². The summed E-state index contributed by atoms with van der Waals surface area (Å²) in [5, 5.41) is 0. The maximum absolute atomic E-state index is 11.6. The standard InChI is InChI=1S/C16H20O4/c1-5-7-13-8-9-14(20-16(17)12(3)4)15(10-13)19-11-18-6-2/h5,8-10H,1,3,6-7,11H2,2,4H3. The Morgan fingerprint density at radius 3 is 2.70 bits per heavy atom. The van der Waals surface area contributed by atoms with Crippen molar-refractivity contribution in [3.63, 3.8) is 0 Å². The lowest BCUT2D eigenvalue weighted by Crippen LogP contribution is -2.10. The number of allylic oxidation sites excluding steroid dienone is 1. The molecule has 0 spiro atoms. The van der Waals surface area contributed by atoms with E-state index in [1.54, 1.807) is 19.1 Å². The van der Waals surface area contributed by atoms with Crippen molar-refractivity contribution in [3.8, 4) is 11.5 Å². The molecule has 0 aromatic heterocycles. The van der Waals surface area contributed by atoms with E-state index in [1.807, 2.05) is 19.1 Å². The maximum Gasteiger partial charge on any atom is 0.338 e.